The first kappa shape index (κ1) is 15.5. The van der Waals surface area contributed by atoms with Crippen LogP contribution in [0.3, 0.4) is 0 Å². The van der Waals surface area contributed by atoms with Gasteiger partial charge in [-0.2, -0.15) is 0 Å². The van der Waals surface area contributed by atoms with E-state index < -0.39 is 0 Å². The predicted octanol–water partition coefficient (Wildman–Crippen LogP) is 2.01. The van der Waals surface area contributed by atoms with Crippen molar-refractivity contribution >= 4 is 5.91 Å². The fourth-order valence-corrected chi connectivity index (χ4v) is 1.55. The summed E-state index contributed by atoms with van der Waals surface area (Å²) in [6, 6.07) is 7.86. The molecular formula is C15H24N2O2. The van der Waals surface area contributed by atoms with Crippen LogP contribution in [0.2, 0.25) is 0 Å². The van der Waals surface area contributed by atoms with Crippen molar-refractivity contribution in [3.63, 3.8) is 0 Å². The molecule has 0 saturated carbocycles. The van der Waals surface area contributed by atoms with E-state index in [4.69, 9.17) is 10.5 Å². The number of benzene rings is 1. The minimum Gasteiger partial charge on any atom is -0.493 e. The average molecular weight is 264 g/mol. The highest BCUT2D eigenvalue weighted by molar-refractivity contribution is 5.75. The van der Waals surface area contributed by atoms with Crippen molar-refractivity contribution in [1.29, 1.82) is 0 Å². The summed E-state index contributed by atoms with van der Waals surface area (Å²) in [7, 11) is 0. The van der Waals surface area contributed by atoms with Gasteiger partial charge in [-0.05, 0) is 38.8 Å². The van der Waals surface area contributed by atoms with Gasteiger partial charge in [-0.25, -0.2) is 0 Å². The van der Waals surface area contributed by atoms with Crippen molar-refractivity contribution in [3.8, 4) is 5.75 Å². The number of para-hydroxylation sites is 1. The predicted molar refractivity (Wildman–Crippen MR) is 77.2 cm³/mol. The van der Waals surface area contributed by atoms with Gasteiger partial charge < -0.3 is 15.8 Å². The van der Waals surface area contributed by atoms with Gasteiger partial charge in [0.05, 0.1) is 6.61 Å². The number of ether oxygens (including phenoxy) is 1. The van der Waals surface area contributed by atoms with E-state index in [-0.39, 0.29) is 11.4 Å². The number of hydrogen-bond acceptors (Lipinski definition) is 3. The van der Waals surface area contributed by atoms with Gasteiger partial charge in [0.1, 0.15) is 5.75 Å². The molecule has 0 aliphatic carbocycles. The summed E-state index contributed by atoms with van der Waals surface area (Å²) in [5.74, 6) is 0.901. The Morgan fingerprint density at radius 2 is 2.05 bits per heavy atom. The summed E-state index contributed by atoms with van der Waals surface area (Å²) in [5, 5.41) is 2.81. The molecule has 19 heavy (non-hydrogen) atoms. The Morgan fingerprint density at radius 1 is 1.37 bits per heavy atom. The largest absolute Gasteiger partial charge is 0.493 e. The number of rotatable bonds is 7. The first-order chi connectivity index (χ1) is 8.88. The Morgan fingerprint density at radius 3 is 2.68 bits per heavy atom. The molecule has 0 fully saturated rings. The van der Waals surface area contributed by atoms with E-state index in [1.807, 2.05) is 45.0 Å². The first-order valence-corrected chi connectivity index (χ1v) is 6.62. The fourth-order valence-electron chi connectivity index (χ4n) is 1.55. The molecule has 1 aromatic rings. The second-order valence-corrected chi connectivity index (χ2v) is 5.48. The topological polar surface area (TPSA) is 64.3 Å². The van der Waals surface area contributed by atoms with E-state index in [9.17, 15) is 4.79 Å². The maximum Gasteiger partial charge on any atom is 0.220 e. The summed E-state index contributed by atoms with van der Waals surface area (Å²) in [6.45, 7) is 6.81. The highest BCUT2D eigenvalue weighted by atomic mass is 16.5. The van der Waals surface area contributed by atoms with E-state index >= 15 is 0 Å². The lowest BCUT2D eigenvalue weighted by Crippen LogP contribution is -2.45. The van der Waals surface area contributed by atoms with Crippen molar-refractivity contribution in [2.45, 2.75) is 39.2 Å². The number of hydrogen-bond donors (Lipinski definition) is 2. The number of carbonyl (C=O) groups excluding carboxylic acids is 1. The van der Waals surface area contributed by atoms with Gasteiger partial charge in [0.25, 0.3) is 0 Å². The van der Waals surface area contributed by atoms with Crippen LogP contribution in [0.25, 0.3) is 0 Å². The molecule has 106 valence electrons. The molecule has 0 bridgehead atoms. The molecule has 1 amide bonds. The smallest absolute Gasteiger partial charge is 0.220 e. The molecule has 0 unspecified atom stereocenters. The number of nitrogens with one attached hydrogen (secondary N) is 1. The maximum absolute atomic E-state index is 11.5. The Bertz CT molecular complexity index is 411. The normalized spacial score (nSPS) is 11.2. The highest BCUT2D eigenvalue weighted by Gasteiger charge is 2.11. The van der Waals surface area contributed by atoms with Crippen LogP contribution in [0.5, 0.6) is 5.75 Å². The molecule has 0 heterocycles. The van der Waals surface area contributed by atoms with Crippen LogP contribution < -0.4 is 15.8 Å². The van der Waals surface area contributed by atoms with Crippen molar-refractivity contribution in [2.75, 3.05) is 13.2 Å². The first-order valence-electron chi connectivity index (χ1n) is 6.62. The zero-order valence-corrected chi connectivity index (χ0v) is 12.0. The second-order valence-electron chi connectivity index (χ2n) is 5.48. The molecule has 1 rings (SSSR count). The van der Waals surface area contributed by atoms with Gasteiger partial charge >= 0.3 is 0 Å². The van der Waals surface area contributed by atoms with Crippen LogP contribution in [0, 0.1) is 6.92 Å². The number of amides is 1. The van der Waals surface area contributed by atoms with E-state index in [2.05, 4.69) is 5.32 Å². The van der Waals surface area contributed by atoms with Crippen LogP contribution in [0.4, 0.5) is 0 Å². The van der Waals surface area contributed by atoms with Crippen molar-refractivity contribution < 1.29 is 9.53 Å². The quantitative estimate of drug-likeness (QED) is 0.740. The van der Waals surface area contributed by atoms with Crippen LogP contribution in [0.1, 0.15) is 32.3 Å². The lowest BCUT2D eigenvalue weighted by molar-refractivity contribution is -0.121. The Balaban J connectivity index is 2.17. The molecule has 0 aliphatic heterocycles. The van der Waals surface area contributed by atoms with E-state index in [0.717, 1.165) is 11.3 Å². The third-order valence-corrected chi connectivity index (χ3v) is 2.64. The molecule has 1 aromatic carbocycles. The SMILES string of the molecule is Cc1ccccc1OCCCC(=O)NCC(C)(C)N. The minimum absolute atomic E-state index is 0.0203. The second kappa shape index (κ2) is 7.14. The van der Waals surface area contributed by atoms with Crippen LogP contribution >= 0.6 is 0 Å². The molecule has 4 heteroatoms. The monoisotopic (exact) mass is 264 g/mol. The zero-order chi connectivity index (χ0) is 14.3. The summed E-state index contributed by atoms with van der Waals surface area (Å²) in [5.41, 5.74) is 6.53. The third kappa shape index (κ3) is 6.82. The fraction of sp³-hybridized carbons (Fsp3) is 0.533. The molecule has 0 aromatic heterocycles. The average Bonchev–Trinajstić information content (AvgIpc) is 2.33. The summed E-state index contributed by atoms with van der Waals surface area (Å²) < 4.78 is 5.63. The minimum atomic E-state index is -0.368. The van der Waals surface area contributed by atoms with Crippen LogP contribution in [-0.2, 0) is 4.79 Å². The molecule has 0 radical (unpaired) electrons. The van der Waals surface area contributed by atoms with Gasteiger partial charge in [-0.15, -0.1) is 0 Å². The molecule has 0 atom stereocenters. The number of carbonyl (C=O) groups is 1. The molecule has 4 nitrogen and oxygen atoms in total. The summed E-state index contributed by atoms with van der Waals surface area (Å²) >= 11 is 0. The van der Waals surface area contributed by atoms with Gasteiger partial charge in [-0.1, -0.05) is 18.2 Å². The van der Waals surface area contributed by atoms with Crippen LogP contribution in [-0.4, -0.2) is 24.6 Å². The van der Waals surface area contributed by atoms with Crippen molar-refractivity contribution in [1.82, 2.24) is 5.32 Å². The zero-order valence-electron chi connectivity index (χ0n) is 12.0. The third-order valence-electron chi connectivity index (χ3n) is 2.64. The number of nitrogens with two attached hydrogens (primary N) is 1. The lowest BCUT2D eigenvalue weighted by Gasteiger charge is -2.18. The molecule has 0 spiro atoms. The molecule has 3 N–H and O–H groups in total. The summed E-state index contributed by atoms with van der Waals surface area (Å²) in [6.07, 6.45) is 1.16. The summed E-state index contributed by atoms with van der Waals surface area (Å²) in [4.78, 5) is 11.5. The highest BCUT2D eigenvalue weighted by Crippen LogP contribution is 2.16. The van der Waals surface area contributed by atoms with E-state index in [0.29, 0.717) is 26.0 Å². The lowest BCUT2D eigenvalue weighted by atomic mass is 10.1. The Hall–Kier alpha value is -1.55. The van der Waals surface area contributed by atoms with Gasteiger partial charge in [0.2, 0.25) is 5.91 Å². The number of aryl methyl sites for hydroxylation is 1. The van der Waals surface area contributed by atoms with Gasteiger partial charge in [0, 0.05) is 18.5 Å². The van der Waals surface area contributed by atoms with Crippen molar-refractivity contribution in [2.24, 2.45) is 5.73 Å². The van der Waals surface area contributed by atoms with E-state index in [1.165, 1.54) is 0 Å². The Labute approximate surface area is 115 Å². The standard InChI is InChI=1S/C15H24N2O2/c1-12-7-4-5-8-13(12)19-10-6-9-14(18)17-11-15(2,3)16/h4-5,7-8H,6,9-11,16H2,1-3H3,(H,17,18). The maximum atomic E-state index is 11.5. The van der Waals surface area contributed by atoms with Gasteiger partial charge in [0.15, 0.2) is 0 Å². The van der Waals surface area contributed by atoms with E-state index in [1.54, 1.807) is 0 Å². The van der Waals surface area contributed by atoms with Crippen LogP contribution in [0.15, 0.2) is 24.3 Å². The molecule has 0 saturated heterocycles. The van der Waals surface area contributed by atoms with Crippen molar-refractivity contribution in [3.05, 3.63) is 29.8 Å². The van der Waals surface area contributed by atoms with Gasteiger partial charge in [-0.3, -0.25) is 4.79 Å². The molecular weight excluding hydrogens is 240 g/mol. The molecule has 0 aliphatic rings. The Kier molecular flexibility index (Phi) is 5.83.